The summed E-state index contributed by atoms with van der Waals surface area (Å²) in [5.41, 5.74) is 7.37. The number of hydrogen-bond donors (Lipinski definition) is 3. The molecule has 8 nitrogen and oxygen atoms in total. The number of aromatic carboxylic acids is 2. The third kappa shape index (κ3) is 2.68. The molecule has 120 valence electrons. The molecule has 8 heteroatoms. The van der Waals surface area contributed by atoms with E-state index in [2.05, 4.69) is 10.3 Å². The third-order valence-electron chi connectivity index (χ3n) is 4.12. The molecule has 0 radical (unpaired) electrons. The molecule has 0 amide bonds. The van der Waals surface area contributed by atoms with Gasteiger partial charge in [-0.05, 0) is 31.0 Å². The summed E-state index contributed by atoms with van der Waals surface area (Å²) in [5, 5.41) is 26.5. The van der Waals surface area contributed by atoms with Gasteiger partial charge in [-0.3, -0.25) is 0 Å². The number of hydrogen-bond acceptors (Lipinski definition) is 5. The zero-order chi connectivity index (χ0) is 16.6. The van der Waals surface area contributed by atoms with Gasteiger partial charge >= 0.3 is 11.9 Å². The number of aromatic nitrogens is 3. The molecule has 1 aliphatic carbocycles. The lowest BCUT2D eigenvalue weighted by molar-refractivity contribution is 0.0696. The Balaban J connectivity index is 2.16. The molecule has 23 heavy (non-hydrogen) atoms. The molecule has 3 rings (SSSR count). The van der Waals surface area contributed by atoms with Gasteiger partial charge in [-0.1, -0.05) is 11.6 Å². The van der Waals surface area contributed by atoms with Gasteiger partial charge in [0.2, 0.25) is 0 Å². The second-order valence-electron chi connectivity index (χ2n) is 5.54. The Morgan fingerprint density at radius 2 is 1.78 bits per heavy atom. The fourth-order valence-electron chi connectivity index (χ4n) is 2.73. The highest BCUT2D eigenvalue weighted by Gasteiger charge is 2.28. The second kappa shape index (κ2) is 5.81. The minimum Gasteiger partial charge on any atom is -0.478 e. The number of nitrogens with two attached hydrogens (primary N) is 1. The topological polar surface area (TPSA) is 131 Å². The molecule has 0 saturated heterocycles. The van der Waals surface area contributed by atoms with Gasteiger partial charge in [0.05, 0.1) is 22.5 Å². The standard InChI is InChI=1S/C15H16N4O4/c16-7-12-13(8-2-1-3-8)19(18-17-12)11-5-9(14(20)21)4-10(6-11)15(22)23/h4-6,8H,1-3,7,16H2,(H,20,21)(H,22,23). The number of benzene rings is 1. The van der Waals surface area contributed by atoms with Gasteiger partial charge in [0.25, 0.3) is 0 Å². The predicted molar refractivity (Wildman–Crippen MR) is 79.8 cm³/mol. The second-order valence-corrected chi connectivity index (χ2v) is 5.54. The molecule has 0 aliphatic heterocycles. The van der Waals surface area contributed by atoms with Crippen LogP contribution in [0.15, 0.2) is 18.2 Å². The van der Waals surface area contributed by atoms with Crippen molar-refractivity contribution < 1.29 is 19.8 Å². The summed E-state index contributed by atoms with van der Waals surface area (Å²) in [7, 11) is 0. The number of carboxylic acids is 2. The van der Waals surface area contributed by atoms with Crippen molar-refractivity contribution in [3.63, 3.8) is 0 Å². The normalized spacial score (nSPS) is 14.5. The molecule has 1 heterocycles. The van der Waals surface area contributed by atoms with Crippen molar-refractivity contribution in [1.29, 1.82) is 0 Å². The van der Waals surface area contributed by atoms with Crippen molar-refractivity contribution >= 4 is 11.9 Å². The highest BCUT2D eigenvalue weighted by molar-refractivity contribution is 5.94. The van der Waals surface area contributed by atoms with Crippen LogP contribution in [-0.4, -0.2) is 37.1 Å². The van der Waals surface area contributed by atoms with E-state index in [4.69, 9.17) is 5.73 Å². The zero-order valence-corrected chi connectivity index (χ0v) is 12.3. The SMILES string of the molecule is NCc1nnn(-c2cc(C(=O)O)cc(C(=O)O)c2)c1C1CCC1. The van der Waals surface area contributed by atoms with Gasteiger partial charge in [0, 0.05) is 12.5 Å². The molecule has 4 N–H and O–H groups in total. The lowest BCUT2D eigenvalue weighted by Crippen LogP contribution is -2.17. The molecule has 1 saturated carbocycles. The van der Waals surface area contributed by atoms with E-state index >= 15 is 0 Å². The van der Waals surface area contributed by atoms with Crippen molar-refractivity contribution in [2.75, 3.05) is 0 Å². The molecule has 0 unspecified atom stereocenters. The predicted octanol–water partition coefficient (Wildman–Crippen LogP) is 1.39. The first-order chi connectivity index (χ1) is 11.0. The summed E-state index contributed by atoms with van der Waals surface area (Å²) < 4.78 is 1.52. The molecule has 0 spiro atoms. The Bertz CT molecular complexity index is 748. The van der Waals surface area contributed by atoms with Gasteiger partial charge in [0.1, 0.15) is 5.69 Å². The van der Waals surface area contributed by atoms with Crippen LogP contribution in [0.5, 0.6) is 0 Å². The smallest absolute Gasteiger partial charge is 0.335 e. The van der Waals surface area contributed by atoms with Crippen LogP contribution in [-0.2, 0) is 6.54 Å². The molecule has 1 aliphatic rings. The fraction of sp³-hybridized carbons (Fsp3) is 0.333. The lowest BCUT2D eigenvalue weighted by Gasteiger charge is -2.26. The van der Waals surface area contributed by atoms with E-state index in [0.717, 1.165) is 31.0 Å². The summed E-state index contributed by atoms with van der Waals surface area (Å²) in [4.78, 5) is 22.5. The molecular formula is C15H16N4O4. The Kier molecular flexibility index (Phi) is 3.83. The van der Waals surface area contributed by atoms with Gasteiger partial charge in [-0.2, -0.15) is 0 Å². The molecular weight excluding hydrogens is 300 g/mol. The summed E-state index contributed by atoms with van der Waals surface area (Å²) >= 11 is 0. The maximum Gasteiger partial charge on any atom is 0.335 e. The number of carboxylic acid groups (broad SMARTS) is 2. The van der Waals surface area contributed by atoms with E-state index in [1.807, 2.05) is 0 Å². The molecule has 1 aromatic carbocycles. The first-order valence-corrected chi connectivity index (χ1v) is 7.28. The van der Waals surface area contributed by atoms with E-state index in [1.165, 1.54) is 16.8 Å². The molecule has 1 aromatic heterocycles. The summed E-state index contributed by atoms with van der Waals surface area (Å²) in [6.45, 7) is 0.232. The van der Waals surface area contributed by atoms with E-state index in [0.29, 0.717) is 11.4 Å². The molecule has 2 aromatic rings. The molecule has 0 atom stereocenters. The highest BCUT2D eigenvalue weighted by atomic mass is 16.4. The van der Waals surface area contributed by atoms with Crippen LogP contribution in [0, 0.1) is 0 Å². The average Bonchev–Trinajstić information content (AvgIpc) is 2.88. The first kappa shape index (κ1) is 15.2. The van der Waals surface area contributed by atoms with Crippen molar-refractivity contribution in [2.45, 2.75) is 31.7 Å². The van der Waals surface area contributed by atoms with E-state index in [1.54, 1.807) is 0 Å². The summed E-state index contributed by atoms with van der Waals surface area (Å²) in [5.74, 6) is -2.12. The van der Waals surface area contributed by atoms with Crippen molar-refractivity contribution in [3.8, 4) is 5.69 Å². The lowest BCUT2D eigenvalue weighted by atomic mass is 9.82. The Labute approximate surface area is 131 Å². The van der Waals surface area contributed by atoms with Crippen LogP contribution >= 0.6 is 0 Å². The Morgan fingerprint density at radius 3 is 2.22 bits per heavy atom. The summed E-state index contributed by atoms with van der Waals surface area (Å²) in [6.07, 6.45) is 3.09. The van der Waals surface area contributed by atoms with Gasteiger partial charge in [-0.25, -0.2) is 14.3 Å². The maximum absolute atomic E-state index is 11.2. The monoisotopic (exact) mass is 316 g/mol. The van der Waals surface area contributed by atoms with Crippen LogP contribution in [0.1, 0.15) is 57.3 Å². The third-order valence-corrected chi connectivity index (χ3v) is 4.12. The van der Waals surface area contributed by atoms with Crippen LogP contribution < -0.4 is 5.73 Å². The number of nitrogens with zero attached hydrogens (tertiary/aromatic N) is 3. The van der Waals surface area contributed by atoms with Gasteiger partial charge < -0.3 is 15.9 Å². The van der Waals surface area contributed by atoms with Crippen molar-refractivity contribution in [3.05, 3.63) is 40.7 Å². The quantitative estimate of drug-likeness (QED) is 0.759. The van der Waals surface area contributed by atoms with Crippen LogP contribution in [0.3, 0.4) is 0 Å². The van der Waals surface area contributed by atoms with E-state index < -0.39 is 11.9 Å². The maximum atomic E-state index is 11.2. The Morgan fingerprint density at radius 1 is 1.17 bits per heavy atom. The van der Waals surface area contributed by atoms with Crippen molar-refractivity contribution in [2.24, 2.45) is 5.73 Å². The van der Waals surface area contributed by atoms with Gasteiger partial charge in [-0.15, -0.1) is 5.10 Å². The fourth-order valence-corrected chi connectivity index (χ4v) is 2.73. The van der Waals surface area contributed by atoms with Crippen LogP contribution in [0.25, 0.3) is 5.69 Å². The zero-order valence-electron chi connectivity index (χ0n) is 12.3. The minimum atomic E-state index is -1.20. The Hall–Kier alpha value is -2.74. The molecule has 1 fully saturated rings. The van der Waals surface area contributed by atoms with Gasteiger partial charge in [0.15, 0.2) is 0 Å². The highest BCUT2D eigenvalue weighted by Crippen LogP contribution is 2.38. The first-order valence-electron chi connectivity index (χ1n) is 7.28. The number of rotatable bonds is 5. The minimum absolute atomic E-state index is 0.107. The van der Waals surface area contributed by atoms with Crippen molar-refractivity contribution in [1.82, 2.24) is 15.0 Å². The number of carbonyl (C=O) groups is 2. The largest absolute Gasteiger partial charge is 0.478 e. The van der Waals surface area contributed by atoms with E-state index in [-0.39, 0.29) is 23.6 Å². The molecule has 0 bridgehead atoms. The van der Waals surface area contributed by atoms with Crippen LogP contribution in [0.4, 0.5) is 0 Å². The van der Waals surface area contributed by atoms with E-state index in [9.17, 15) is 19.8 Å². The van der Waals surface area contributed by atoms with Crippen LogP contribution in [0.2, 0.25) is 0 Å². The summed E-state index contributed by atoms with van der Waals surface area (Å²) in [6, 6.07) is 3.91. The average molecular weight is 316 g/mol.